The number of hydrogen-bond acceptors (Lipinski definition) is 4. The molecule has 3 saturated carbocycles. The second kappa shape index (κ2) is 5.49. The van der Waals surface area contributed by atoms with Gasteiger partial charge in [-0.3, -0.25) is 0 Å². The Bertz CT molecular complexity index is 769. The second-order valence-electron chi connectivity index (χ2n) is 10.1. The smallest absolute Gasteiger partial charge is 0.136 e. The average Bonchev–Trinajstić information content (AvgIpc) is 3.24. The highest BCUT2D eigenvalue weighted by molar-refractivity contribution is 5.31. The molecule has 27 heavy (non-hydrogen) atoms. The fourth-order valence-electron chi connectivity index (χ4n) is 7.61. The Balaban J connectivity index is 1.56. The maximum atomic E-state index is 12.1. The van der Waals surface area contributed by atoms with Crippen molar-refractivity contribution in [3.63, 3.8) is 0 Å². The third-order valence-corrected chi connectivity index (χ3v) is 9.35. The molecule has 4 heteroatoms. The standard InChI is InChI=1S/C23H32O4/c1-20-9-7-16(24)14-15(20)5-6-18-17(20)8-10-21(2)22(18,25)11-12-23(21,26)19-4-3-13-27-19/h3-4,13-14,16-18,24-26H,5-12H2,1-2H3/t16?,17-,18-,20+,21+,22-,23?/m1/s1. The zero-order valence-corrected chi connectivity index (χ0v) is 16.4. The van der Waals surface area contributed by atoms with E-state index in [9.17, 15) is 15.3 Å². The molecule has 4 nitrogen and oxygen atoms in total. The van der Waals surface area contributed by atoms with Crippen LogP contribution in [0.3, 0.4) is 0 Å². The van der Waals surface area contributed by atoms with E-state index >= 15 is 0 Å². The third kappa shape index (κ3) is 2.05. The molecule has 5 rings (SSSR count). The van der Waals surface area contributed by atoms with Gasteiger partial charge in [-0.25, -0.2) is 0 Å². The van der Waals surface area contributed by atoms with Crippen LogP contribution in [0.25, 0.3) is 0 Å². The van der Waals surface area contributed by atoms with Gasteiger partial charge in [-0.1, -0.05) is 25.5 Å². The van der Waals surface area contributed by atoms with Gasteiger partial charge >= 0.3 is 0 Å². The number of aliphatic hydroxyl groups is 3. The highest BCUT2D eigenvalue weighted by atomic mass is 16.4. The number of rotatable bonds is 1. The van der Waals surface area contributed by atoms with E-state index in [1.165, 1.54) is 5.57 Å². The summed E-state index contributed by atoms with van der Waals surface area (Å²) < 4.78 is 5.64. The first-order valence-corrected chi connectivity index (χ1v) is 10.6. The van der Waals surface area contributed by atoms with Gasteiger partial charge in [0.05, 0.1) is 18.0 Å². The van der Waals surface area contributed by atoms with E-state index in [1.807, 2.05) is 12.1 Å². The van der Waals surface area contributed by atoms with E-state index in [4.69, 9.17) is 4.42 Å². The van der Waals surface area contributed by atoms with E-state index < -0.39 is 16.6 Å². The molecule has 2 unspecified atom stereocenters. The van der Waals surface area contributed by atoms with Gasteiger partial charge in [-0.2, -0.15) is 0 Å². The van der Waals surface area contributed by atoms with E-state index in [0.717, 1.165) is 38.5 Å². The highest BCUT2D eigenvalue weighted by Gasteiger charge is 2.72. The predicted molar refractivity (Wildman–Crippen MR) is 102 cm³/mol. The maximum Gasteiger partial charge on any atom is 0.136 e. The lowest BCUT2D eigenvalue weighted by Crippen LogP contribution is -2.63. The van der Waals surface area contributed by atoms with Gasteiger partial charge < -0.3 is 19.7 Å². The van der Waals surface area contributed by atoms with Crippen molar-refractivity contribution in [2.24, 2.45) is 22.7 Å². The fourth-order valence-corrected chi connectivity index (χ4v) is 7.61. The largest absolute Gasteiger partial charge is 0.466 e. The van der Waals surface area contributed by atoms with Gasteiger partial charge in [0.25, 0.3) is 0 Å². The molecule has 3 fully saturated rings. The molecule has 4 aliphatic rings. The summed E-state index contributed by atoms with van der Waals surface area (Å²) in [6.07, 6.45) is 10.1. The minimum absolute atomic E-state index is 0.0740. The number of allylic oxidation sites excluding steroid dienone is 1. The Labute approximate surface area is 161 Å². The molecule has 0 aromatic carbocycles. The lowest BCUT2D eigenvalue weighted by atomic mass is 9.44. The summed E-state index contributed by atoms with van der Waals surface area (Å²) in [6, 6.07) is 3.68. The lowest BCUT2D eigenvalue weighted by molar-refractivity contribution is -0.225. The average molecular weight is 373 g/mol. The topological polar surface area (TPSA) is 73.8 Å². The Hall–Kier alpha value is -1.10. The quantitative estimate of drug-likeness (QED) is 0.654. The summed E-state index contributed by atoms with van der Waals surface area (Å²) in [5, 5.41) is 33.9. The summed E-state index contributed by atoms with van der Waals surface area (Å²) in [5.41, 5.74) is -1.10. The van der Waals surface area contributed by atoms with E-state index in [1.54, 1.807) is 6.26 Å². The Morgan fingerprint density at radius 3 is 2.56 bits per heavy atom. The van der Waals surface area contributed by atoms with Crippen LogP contribution in [-0.2, 0) is 5.60 Å². The van der Waals surface area contributed by atoms with Crippen LogP contribution >= 0.6 is 0 Å². The zero-order valence-electron chi connectivity index (χ0n) is 16.4. The van der Waals surface area contributed by atoms with Crippen LogP contribution in [0.4, 0.5) is 0 Å². The van der Waals surface area contributed by atoms with Crippen molar-refractivity contribution in [1.82, 2.24) is 0 Å². The zero-order chi connectivity index (χ0) is 19.1. The first-order chi connectivity index (χ1) is 12.7. The Morgan fingerprint density at radius 1 is 1.00 bits per heavy atom. The number of fused-ring (bicyclic) bond motifs is 5. The molecular weight excluding hydrogens is 340 g/mol. The van der Waals surface area contributed by atoms with Crippen molar-refractivity contribution >= 4 is 0 Å². The molecule has 0 amide bonds. The van der Waals surface area contributed by atoms with Gasteiger partial charge in [0.2, 0.25) is 0 Å². The highest BCUT2D eigenvalue weighted by Crippen LogP contribution is 2.71. The first-order valence-electron chi connectivity index (χ1n) is 10.6. The van der Waals surface area contributed by atoms with Crippen molar-refractivity contribution in [3.8, 4) is 0 Å². The molecule has 0 radical (unpaired) electrons. The van der Waals surface area contributed by atoms with Gasteiger partial charge in [-0.05, 0) is 80.8 Å². The minimum Gasteiger partial charge on any atom is -0.466 e. The monoisotopic (exact) mass is 372 g/mol. The van der Waals surface area contributed by atoms with Crippen LogP contribution in [0, 0.1) is 22.7 Å². The molecule has 4 aliphatic carbocycles. The molecule has 0 spiro atoms. The molecule has 0 aliphatic heterocycles. The number of hydrogen-bond donors (Lipinski definition) is 3. The Morgan fingerprint density at radius 2 is 1.81 bits per heavy atom. The summed E-state index contributed by atoms with van der Waals surface area (Å²) >= 11 is 0. The van der Waals surface area contributed by atoms with Crippen molar-refractivity contribution < 1.29 is 19.7 Å². The van der Waals surface area contributed by atoms with Crippen molar-refractivity contribution in [2.75, 3.05) is 0 Å². The molecule has 3 N–H and O–H groups in total. The molecule has 0 bridgehead atoms. The first kappa shape index (κ1) is 18.0. The van der Waals surface area contributed by atoms with E-state index in [2.05, 4.69) is 19.9 Å². The molecule has 7 atom stereocenters. The summed E-state index contributed by atoms with van der Waals surface area (Å²) in [7, 11) is 0. The molecule has 0 saturated heterocycles. The van der Waals surface area contributed by atoms with Crippen molar-refractivity contribution in [1.29, 1.82) is 0 Å². The van der Waals surface area contributed by atoms with E-state index in [-0.39, 0.29) is 17.4 Å². The molecule has 148 valence electrons. The van der Waals surface area contributed by atoms with E-state index in [0.29, 0.717) is 24.5 Å². The molecule has 1 heterocycles. The van der Waals surface area contributed by atoms with Crippen LogP contribution in [-0.4, -0.2) is 27.0 Å². The van der Waals surface area contributed by atoms with Gasteiger partial charge in [0.1, 0.15) is 11.4 Å². The summed E-state index contributed by atoms with van der Waals surface area (Å²) in [4.78, 5) is 0. The van der Waals surface area contributed by atoms with Crippen LogP contribution < -0.4 is 0 Å². The van der Waals surface area contributed by atoms with Crippen molar-refractivity contribution in [2.45, 2.75) is 82.5 Å². The minimum atomic E-state index is -1.10. The maximum absolute atomic E-state index is 12.1. The Kier molecular flexibility index (Phi) is 3.65. The lowest BCUT2D eigenvalue weighted by Gasteiger charge is -2.62. The van der Waals surface area contributed by atoms with Crippen molar-refractivity contribution in [3.05, 3.63) is 35.8 Å². The molecule has 1 aromatic heterocycles. The van der Waals surface area contributed by atoms with Gasteiger partial charge in [0, 0.05) is 5.41 Å². The summed E-state index contributed by atoms with van der Waals surface area (Å²) in [6.45, 7) is 4.43. The van der Waals surface area contributed by atoms with Crippen LogP contribution in [0.15, 0.2) is 34.5 Å². The van der Waals surface area contributed by atoms with Crippen LogP contribution in [0.5, 0.6) is 0 Å². The van der Waals surface area contributed by atoms with Gasteiger partial charge in [-0.15, -0.1) is 0 Å². The predicted octanol–water partition coefficient (Wildman–Crippen LogP) is 3.91. The van der Waals surface area contributed by atoms with Crippen LogP contribution in [0.1, 0.15) is 71.0 Å². The van der Waals surface area contributed by atoms with Crippen LogP contribution in [0.2, 0.25) is 0 Å². The normalized spacial score (nSPS) is 51.9. The fraction of sp³-hybridized carbons (Fsp3) is 0.739. The molecule has 1 aromatic rings. The van der Waals surface area contributed by atoms with Gasteiger partial charge in [0.15, 0.2) is 0 Å². The number of furan rings is 1. The SMILES string of the molecule is C[C@]12CCC(O)C=C1CC[C@@H]1[C@H]2CC[C@]2(C)C(O)(c3ccco3)CC[C@@]12O. The summed E-state index contributed by atoms with van der Waals surface area (Å²) in [5.74, 6) is 1.21. The third-order valence-electron chi connectivity index (χ3n) is 9.35. The molecular formula is C23H32O4. The second-order valence-corrected chi connectivity index (χ2v) is 10.1. The number of aliphatic hydroxyl groups excluding tert-OH is 1.